The molecule has 0 spiro atoms. The maximum absolute atomic E-state index is 11.6. The minimum atomic E-state index is -1.12. The van der Waals surface area contributed by atoms with Crippen LogP contribution in [-0.2, 0) is 20.9 Å². The molecule has 2 atom stereocenters. The number of carbonyl (C=O) groups excluding carboxylic acids is 1. The number of aliphatic imine (C=N–C) groups is 1. The number of carbonyl (C=O) groups is 2. The fraction of sp³-hybridized carbons (Fsp3) is 0.462. The number of nitrogens with one attached hydrogen (secondary N) is 1. The van der Waals surface area contributed by atoms with E-state index >= 15 is 0 Å². The van der Waals surface area contributed by atoms with E-state index in [1.54, 1.807) is 0 Å². The van der Waals surface area contributed by atoms with Gasteiger partial charge in [-0.1, -0.05) is 0 Å². The van der Waals surface area contributed by atoms with Crippen LogP contribution in [0.4, 0.5) is 4.79 Å². The SMILES string of the molecule is CC1=NC(=S)NC(COC(=O)OCc2oc(=O)oc2C)C1C(=O)O. The summed E-state index contributed by atoms with van der Waals surface area (Å²) >= 11 is 4.90. The van der Waals surface area contributed by atoms with Crippen molar-refractivity contribution in [3.8, 4) is 0 Å². The summed E-state index contributed by atoms with van der Waals surface area (Å²) in [6.45, 7) is 2.36. The standard InChI is InChI=1S/C13H14N2O8S/c1-5-9(10(16)17)7(15-11(24)14-5)3-20-12(18)21-4-8-6(2)22-13(19)23-8/h7,9H,3-4H2,1-2H3,(H,15,24)(H,16,17). The van der Waals surface area contributed by atoms with E-state index in [1.165, 1.54) is 13.8 Å². The highest BCUT2D eigenvalue weighted by molar-refractivity contribution is 7.80. The zero-order valence-corrected chi connectivity index (χ0v) is 13.5. The molecule has 130 valence electrons. The predicted molar refractivity (Wildman–Crippen MR) is 81.9 cm³/mol. The molecular weight excluding hydrogens is 344 g/mol. The van der Waals surface area contributed by atoms with E-state index in [2.05, 4.69) is 19.1 Å². The summed E-state index contributed by atoms with van der Waals surface area (Å²) in [5.74, 6) is -2.77. The third-order valence-corrected chi connectivity index (χ3v) is 3.45. The zero-order chi connectivity index (χ0) is 17.9. The Morgan fingerprint density at radius 1 is 1.33 bits per heavy atom. The normalized spacial score (nSPS) is 20.1. The first-order chi connectivity index (χ1) is 11.3. The van der Waals surface area contributed by atoms with Gasteiger partial charge in [-0.25, -0.2) is 14.6 Å². The Hall–Kier alpha value is -2.69. The zero-order valence-electron chi connectivity index (χ0n) is 12.7. The van der Waals surface area contributed by atoms with Gasteiger partial charge in [0.25, 0.3) is 0 Å². The number of hydrogen-bond donors (Lipinski definition) is 2. The van der Waals surface area contributed by atoms with Crippen LogP contribution >= 0.6 is 12.2 Å². The van der Waals surface area contributed by atoms with Crippen molar-refractivity contribution < 1.29 is 33.0 Å². The molecule has 0 aromatic carbocycles. The maximum atomic E-state index is 11.6. The van der Waals surface area contributed by atoms with Crippen LogP contribution < -0.4 is 11.1 Å². The molecule has 0 aliphatic carbocycles. The first kappa shape index (κ1) is 17.7. The van der Waals surface area contributed by atoms with E-state index in [0.29, 0.717) is 5.71 Å². The lowest BCUT2D eigenvalue weighted by atomic mass is 9.94. The number of aryl methyl sites for hydroxylation is 1. The largest absolute Gasteiger partial charge is 0.519 e. The number of carboxylic acids is 1. The number of aliphatic carboxylic acids is 1. The Morgan fingerprint density at radius 2 is 2.04 bits per heavy atom. The minimum absolute atomic E-state index is 0.0558. The van der Waals surface area contributed by atoms with Crippen LogP contribution in [0.5, 0.6) is 0 Å². The molecule has 11 heteroatoms. The number of nitrogens with zero attached hydrogens (tertiary/aromatic N) is 1. The van der Waals surface area contributed by atoms with Crippen molar-refractivity contribution in [1.82, 2.24) is 5.32 Å². The van der Waals surface area contributed by atoms with Crippen LogP contribution in [0.2, 0.25) is 0 Å². The van der Waals surface area contributed by atoms with Crippen LogP contribution in [0.1, 0.15) is 18.4 Å². The van der Waals surface area contributed by atoms with Crippen molar-refractivity contribution in [2.24, 2.45) is 10.9 Å². The second-order valence-electron chi connectivity index (χ2n) is 4.91. The summed E-state index contributed by atoms with van der Waals surface area (Å²) in [6.07, 6.45) is -1.06. The molecule has 2 heterocycles. The molecule has 24 heavy (non-hydrogen) atoms. The van der Waals surface area contributed by atoms with Crippen molar-refractivity contribution in [1.29, 1.82) is 0 Å². The molecule has 1 aliphatic heterocycles. The van der Waals surface area contributed by atoms with E-state index in [4.69, 9.17) is 21.7 Å². The second kappa shape index (κ2) is 7.25. The number of thiocarbonyl (C=S) groups is 1. The van der Waals surface area contributed by atoms with Gasteiger partial charge in [0, 0.05) is 5.71 Å². The maximum Gasteiger partial charge on any atom is 0.519 e. The summed E-state index contributed by atoms with van der Waals surface area (Å²) in [4.78, 5) is 37.6. The van der Waals surface area contributed by atoms with Gasteiger partial charge in [0.2, 0.25) is 0 Å². The van der Waals surface area contributed by atoms with Crippen LogP contribution in [0.3, 0.4) is 0 Å². The molecule has 2 unspecified atom stereocenters. The molecule has 1 aromatic heterocycles. The van der Waals surface area contributed by atoms with Gasteiger partial charge in [0.05, 0.1) is 6.04 Å². The molecule has 0 saturated heterocycles. The number of ether oxygens (including phenoxy) is 2. The summed E-state index contributed by atoms with van der Waals surface area (Å²) < 4.78 is 18.9. The second-order valence-corrected chi connectivity index (χ2v) is 5.29. The number of hydrogen-bond acceptors (Lipinski definition) is 8. The minimum Gasteiger partial charge on any atom is -0.481 e. The summed E-state index contributed by atoms with van der Waals surface area (Å²) in [5.41, 5.74) is 0.309. The van der Waals surface area contributed by atoms with Gasteiger partial charge in [-0.15, -0.1) is 0 Å². The van der Waals surface area contributed by atoms with Crippen LogP contribution in [0.25, 0.3) is 0 Å². The Morgan fingerprint density at radius 3 is 2.62 bits per heavy atom. The van der Waals surface area contributed by atoms with E-state index in [1.807, 2.05) is 0 Å². The van der Waals surface area contributed by atoms with Crippen LogP contribution in [0.15, 0.2) is 18.6 Å². The van der Waals surface area contributed by atoms with Gasteiger partial charge in [-0.3, -0.25) is 4.79 Å². The molecule has 0 fully saturated rings. The van der Waals surface area contributed by atoms with Crippen molar-refractivity contribution in [3.63, 3.8) is 0 Å². The molecule has 1 aliphatic rings. The molecule has 0 radical (unpaired) electrons. The number of rotatable bonds is 5. The van der Waals surface area contributed by atoms with Crippen molar-refractivity contribution in [2.75, 3.05) is 6.61 Å². The van der Waals surface area contributed by atoms with E-state index in [-0.39, 0.29) is 29.8 Å². The topological polar surface area (TPSA) is 141 Å². The smallest absolute Gasteiger partial charge is 0.481 e. The Bertz CT molecular complexity index is 749. The fourth-order valence-corrected chi connectivity index (χ4v) is 2.41. The molecule has 0 saturated carbocycles. The lowest BCUT2D eigenvalue weighted by Gasteiger charge is -2.28. The molecule has 10 nitrogen and oxygen atoms in total. The first-order valence-corrected chi connectivity index (χ1v) is 7.16. The number of carboxylic acid groups (broad SMARTS) is 1. The third-order valence-electron chi connectivity index (χ3n) is 3.24. The van der Waals surface area contributed by atoms with E-state index in [0.717, 1.165) is 0 Å². The van der Waals surface area contributed by atoms with Crippen molar-refractivity contribution in [3.05, 3.63) is 22.1 Å². The molecule has 2 rings (SSSR count). The predicted octanol–water partition coefficient (Wildman–Crippen LogP) is 0.613. The summed E-state index contributed by atoms with van der Waals surface area (Å²) in [5, 5.41) is 12.0. The third kappa shape index (κ3) is 4.19. The quantitative estimate of drug-likeness (QED) is 0.568. The summed E-state index contributed by atoms with van der Waals surface area (Å²) in [7, 11) is 0. The molecule has 2 N–H and O–H groups in total. The Labute approximate surface area is 140 Å². The molecular formula is C13H14N2O8S. The Kier molecular flexibility index (Phi) is 5.34. The lowest BCUT2D eigenvalue weighted by molar-refractivity contribution is -0.140. The van der Waals surface area contributed by atoms with Crippen molar-refractivity contribution in [2.45, 2.75) is 26.5 Å². The lowest BCUT2D eigenvalue weighted by Crippen LogP contribution is -2.52. The van der Waals surface area contributed by atoms with Gasteiger partial charge in [0.1, 0.15) is 12.5 Å². The highest BCUT2D eigenvalue weighted by Crippen LogP contribution is 2.14. The van der Waals surface area contributed by atoms with Gasteiger partial charge < -0.3 is 28.7 Å². The van der Waals surface area contributed by atoms with Crippen LogP contribution in [0, 0.1) is 12.8 Å². The molecule has 1 aromatic rings. The highest BCUT2D eigenvalue weighted by atomic mass is 32.1. The monoisotopic (exact) mass is 358 g/mol. The van der Waals surface area contributed by atoms with Crippen LogP contribution in [-0.4, -0.2) is 40.7 Å². The van der Waals surface area contributed by atoms with Gasteiger partial charge in [0.15, 0.2) is 23.2 Å². The Balaban J connectivity index is 1.89. The average Bonchev–Trinajstić information content (AvgIpc) is 2.79. The molecule has 0 amide bonds. The van der Waals surface area contributed by atoms with E-state index < -0.39 is 29.9 Å². The van der Waals surface area contributed by atoms with Gasteiger partial charge >= 0.3 is 17.9 Å². The molecule has 0 bridgehead atoms. The average molecular weight is 358 g/mol. The van der Waals surface area contributed by atoms with Gasteiger partial charge in [-0.2, -0.15) is 0 Å². The van der Waals surface area contributed by atoms with Gasteiger partial charge in [-0.05, 0) is 26.1 Å². The fourth-order valence-electron chi connectivity index (χ4n) is 2.11. The summed E-state index contributed by atoms with van der Waals surface area (Å²) in [6, 6.07) is -0.770. The first-order valence-electron chi connectivity index (χ1n) is 6.75. The highest BCUT2D eigenvalue weighted by Gasteiger charge is 2.35. The van der Waals surface area contributed by atoms with E-state index in [9.17, 15) is 19.5 Å². The van der Waals surface area contributed by atoms with Crippen molar-refractivity contribution >= 4 is 35.2 Å².